The van der Waals surface area contributed by atoms with E-state index < -0.39 is 0 Å². The van der Waals surface area contributed by atoms with Crippen molar-refractivity contribution in [2.24, 2.45) is 0 Å². The number of rotatable bonds is 0. The van der Waals surface area contributed by atoms with Crippen LogP contribution >= 0.6 is 31.9 Å². The van der Waals surface area contributed by atoms with Gasteiger partial charge < -0.3 is 0 Å². The topological polar surface area (TPSA) is 0 Å². The summed E-state index contributed by atoms with van der Waals surface area (Å²) in [6, 6.07) is 0. The van der Waals surface area contributed by atoms with E-state index in [9.17, 15) is 0 Å². The normalized spacial score (nSPS) is 11.1. The fourth-order valence-corrected chi connectivity index (χ4v) is 0.612. The molecule has 0 aliphatic carbocycles. The summed E-state index contributed by atoms with van der Waals surface area (Å²) in [5, 5.41) is 0. The molecule has 0 aromatic heterocycles. The number of halogens is 2. The Morgan fingerprint density at radius 2 is 1.21 bits per heavy atom. The summed E-state index contributed by atoms with van der Waals surface area (Å²) in [7, 11) is 0. The van der Waals surface area contributed by atoms with Crippen molar-refractivity contribution < 1.29 is 0 Å². The highest BCUT2D eigenvalue weighted by molar-refractivity contribution is 9.09. The zero-order valence-electron chi connectivity index (χ0n) is 8.48. The molecule has 0 rings (SSSR count). The van der Waals surface area contributed by atoms with E-state index in [4.69, 9.17) is 0 Å². The molecule has 0 amide bonds. The fraction of sp³-hybridized carbons (Fsp3) is 0.333. The van der Waals surface area contributed by atoms with Crippen LogP contribution in [-0.4, -0.2) is 9.65 Å². The Balaban J connectivity index is 0. The van der Waals surface area contributed by atoms with Crippen LogP contribution in [0.15, 0.2) is 25.3 Å². The Morgan fingerprint density at radius 3 is 1.29 bits per heavy atom. The van der Waals surface area contributed by atoms with Crippen LogP contribution in [0.25, 0.3) is 0 Å². The summed E-state index contributed by atoms with van der Waals surface area (Å²) in [5.41, 5.74) is 0. The molecule has 0 saturated heterocycles. The summed E-state index contributed by atoms with van der Waals surface area (Å²) >= 11 is 6.51. The third kappa shape index (κ3) is 22.6. The molecule has 0 radical (unpaired) electrons. The quantitative estimate of drug-likeness (QED) is 0.469. The third-order valence-corrected chi connectivity index (χ3v) is 1.23. The van der Waals surface area contributed by atoms with Crippen molar-refractivity contribution in [2.45, 2.75) is 23.5 Å². The average molecular weight is 318 g/mol. The molecule has 0 spiro atoms. The van der Waals surface area contributed by atoms with Gasteiger partial charge >= 0.3 is 0 Å². The predicted molar refractivity (Wildman–Crippen MR) is 72.7 cm³/mol. The fourth-order valence-electron chi connectivity index (χ4n) is 0.348. The van der Waals surface area contributed by atoms with Crippen molar-refractivity contribution in [3.05, 3.63) is 25.3 Å². The smallest absolute Gasteiger partial charge is 0.0730 e. The van der Waals surface area contributed by atoms with Gasteiger partial charge in [0.05, 0.1) is 9.65 Å². The van der Waals surface area contributed by atoms with Crippen molar-refractivity contribution >= 4 is 31.9 Å². The Bertz CT molecular complexity index is 236. The summed E-state index contributed by atoms with van der Waals surface area (Å²) in [5.74, 6) is 11.1. The van der Waals surface area contributed by atoms with Gasteiger partial charge in [0.15, 0.2) is 0 Å². The minimum atomic E-state index is 0.283. The van der Waals surface area contributed by atoms with E-state index in [0.29, 0.717) is 0 Å². The minimum absolute atomic E-state index is 0.283. The van der Waals surface area contributed by atoms with Crippen LogP contribution in [0.3, 0.4) is 0 Å². The Kier molecular flexibility index (Phi) is 14.4. The standard InChI is InChI=1S/2C6H7Br/c2*1-3-4-5-6(2)7/h2*3,6H,1H2,2H3/t2*6-/m10/s1. The van der Waals surface area contributed by atoms with Crippen LogP contribution in [-0.2, 0) is 0 Å². The molecule has 76 valence electrons. The van der Waals surface area contributed by atoms with Crippen LogP contribution in [0.4, 0.5) is 0 Å². The second-order valence-corrected chi connectivity index (χ2v) is 4.96. The van der Waals surface area contributed by atoms with E-state index in [0.717, 1.165) is 0 Å². The van der Waals surface area contributed by atoms with Gasteiger partial charge in [0.1, 0.15) is 0 Å². The molecule has 0 fully saturated rings. The van der Waals surface area contributed by atoms with Crippen molar-refractivity contribution in [2.75, 3.05) is 0 Å². The molecule has 0 unspecified atom stereocenters. The predicted octanol–water partition coefficient (Wildman–Crippen LogP) is 3.92. The number of hydrogen-bond acceptors (Lipinski definition) is 0. The largest absolute Gasteiger partial charge is 0.0907 e. The molecule has 14 heavy (non-hydrogen) atoms. The SMILES string of the molecule is C=CC#C[C@@H](C)Br.C=CC#C[C@H](C)Br. The summed E-state index contributed by atoms with van der Waals surface area (Å²) < 4.78 is 0. The van der Waals surface area contributed by atoms with Crippen LogP contribution < -0.4 is 0 Å². The molecular formula is C12H14Br2. The molecule has 0 nitrogen and oxygen atoms in total. The lowest BCUT2D eigenvalue weighted by atomic mass is 10.5. The van der Waals surface area contributed by atoms with Gasteiger partial charge in [-0.3, -0.25) is 0 Å². The van der Waals surface area contributed by atoms with E-state index in [1.54, 1.807) is 12.2 Å². The van der Waals surface area contributed by atoms with Gasteiger partial charge in [-0.2, -0.15) is 0 Å². The molecule has 0 aliphatic rings. The van der Waals surface area contributed by atoms with E-state index >= 15 is 0 Å². The molecule has 2 atom stereocenters. The molecular weight excluding hydrogens is 304 g/mol. The van der Waals surface area contributed by atoms with Crippen molar-refractivity contribution in [1.29, 1.82) is 0 Å². The maximum Gasteiger partial charge on any atom is 0.0730 e. The van der Waals surface area contributed by atoms with E-state index in [1.165, 1.54) is 0 Å². The lowest BCUT2D eigenvalue weighted by molar-refractivity contribution is 1.33. The molecule has 0 aromatic rings. The van der Waals surface area contributed by atoms with Gasteiger partial charge in [-0.25, -0.2) is 0 Å². The van der Waals surface area contributed by atoms with Gasteiger partial charge in [0.25, 0.3) is 0 Å². The van der Waals surface area contributed by atoms with E-state index in [1.807, 2.05) is 13.8 Å². The zero-order chi connectivity index (χ0) is 11.4. The molecule has 0 N–H and O–H groups in total. The summed E-state index contributed by atoms with van der Waals surface area (Å²) in [4.78, 5) is 0.566. The maximum atomic E-state index is 3.44. The second kappa shape index (κ2) is 12.6. The molecule has 2 heteroatoms. The Morgan fingerprint density at radius 1 is 0.929 bits per heavy atom. The van der Waals surface area contributed by atoms with Crippen molar-refractivity contribution in [3.8, 4) is 23.7 Å². The number of alkyl halides is 2. The zero-order valence-corrected chi connectivity index (χ0v) is 11.7. The highest BCUT2D eigenvalue weighted by Crippen LogP contribution is 1.92. The molecule has 0 aromatic carbocycles. The Hall–Kier alpha value is -0.440. The lowest BCUT2D eigenvalue weighted by Crippen LogP contribution is -1.78. The maximum absolute atomic E-state index is 3.44. The van der Waals surface area contributed by atoms with Crippen molar-refractivity contribution in [3.63, 3.8) is 0 Å². The van der Waals surface area contributed by atoms with Gasteiger partial charge in [0.2, 0.25) is 0 Å². The van der Waals surface area contributed by atoms with Gasteiger partial charge in [0, 0.05) is 0 Å². The minimum Gasteiger partial charge on any atom is -0.0907 e. The molecule has 0 aliphatic heterocycles. The van der Waals surface area contributed by atoms with Crippen molar-refractivity contribution in [1.82, 2.24) is 0 Å². The van der Waals surface area contributed by atoms with Crippen LogP contribution in [0.5, 0.6) is 0 Å². The van der Waals surface area contributed by atoms with E-state index in [2.05, 4.69) is 68.7 Å². The first-order valence-corrected chi connectivity index (χ1v) is 5.89. The monoisotopic (exact) mass is 316 g/mol. The van der Waals surface area contributed by atoms with E-state index in [-0.39, 0.29) is 9.65 Å². The van der Waals surface area contributed by atoms with Gasteiger partial charge in [-0.15, -0.1) is 0 Å². The molecule has 0 bridgehead atoms. The highest BCUT2D eigenvalue weighted by Gasteiger charge is 1.79. The first-order chi connectivity index (χ1) is 6.54. The first-order valence-electron chi connectivity index (χ1n) is 4.06. The second-order valence-electron chi connectivity index (χ2n) is 2.22. The van der Waals surface area contributed by atoms with Crippen LogP contribution in [0.1, 0.15) is 13.8 Å². The van der Waals surface area contributed by atoms with Gasteiger partial charge in [-0.05, 0) is 26.0 Å². The molecule has 0 saturated carbocycles. The van der Waals surface area contributed by atoms with Gasteiger partial charge in [-0.1, -0.05) is 68.7 Å². The average Bonchev–Trinajstić information content (AvgIpc) is 2.12. The third-order valence-electron chi connectivity index (χ3n) is 0.769. The van der Waals surface area contributed by atoms with Crippen LogP contribution in [0.2, 0.25) is 0 Å². The Labute approximate surface area is 104 Å². The summed E-state index contributed by atoms with van der Waals surface area (Å²) in [6.45, 7) is 10.8. The number of allylic oxidation sites excluding steroid dienone is 2. The number of hydrogen-bond donors (Lipinski definition) is 0. The lowest BCUT2D eigenvalue weighted by Gasteiger charge is -1.79. The highest BCUT2D eigenvalue weighted by atomic mass is 79.9. The van der Waals surface area contributed by atoms with Crippen LogP contribution in [0, 0.1) is 23.7 Å². The molecule has 0 heterocycles. The summed E-state index contributed by atoms with van der Waals surface area (Å²) in [6.07, 6.45) is 3.16. The first kappa shape index (κ1) is 16.0.